The number of hydrogen-bond acceptors (Lipinski definition) is 5. The molecule has 130 valence electrons. The molecule has 2 N–H and O–H groups in total. The summed E-state index contributed by atoms with van der Waals surface area (Å²) in [6.45, 7) is 2.09. The van der Waals surface area contributed by atoms with Crippen LogP contribution in [0.1, 0.15) is 25.0 Å². The van der Waals surface area contributed by atoms with Crippen molar-refractivity contribution in [2.75, 3.05) is 19.8 Å². The second kappa shape index (κ2) is 7.48. The zero-order valence-electron chi connectivity index (χ0n) is 13.3. The molecule has 2 aliphatic heterocycles. The molecular formula is C16H21N3O5. The maximum absolute atomic E-state index is 12.3. The van der Waals surface area contributed by atoms with Gasteiger partial charge in [0.15, 0.2) is 0 Å². The number of furan rings is 1. The number of carbonyl (C=O) groups excluding carboxylic acids is 3. The van der Waals surface area contributed by atoms with Gasteiger partial charge in [-0.3, -0.25) is 14.5 Å². The van der Waals surface area contributed by atoms with Crippen LogP contribution in [-0.2, 0) is 20.9 Å². The Morgan fingerprint density at radius 3 is 2.83 bits per heavy atom. The molecule has 8 nitrogen and oxygen atoms in total. The van der Waals surface area contributed by atoms with Crippen molar-refractivity contribution in [1.29, 1.82) is 0 Å². The lowest BCUT2D eigenvalue weighted by Crippen LogP contribution is -2.38. The Bertz CT molecular complexity index is 595. The molecule has 1 atom stereocenters. The zero-order chi connectivity index (χ0) is 16.9. The summed E-state index contributed by atoms with van der Waals surface area (Å²) in [4.78, 5) is 37.3. The zero-order valence-corrected chi connectivity index (χ0v) is 13.3. The van der Waals surface area contributed by atoms with Gasteiger partial charge in [-0.1, -0.05) is 0 Å². The number of ether oxygens (including phenoxy) is 1. The quantitative estimate of drug-likeness (QED) is 0.743. The van der Waals surface area contributed by atoms with Gasteiger partial charge in [-0.2, -0.15) is 0 Å². The third kappa shape index (κ3) is 3.94. The first kappa shape index (κ1) is 16.5. The van der Waals surface area contributed by atoms with Crippen LogP contribution in [0.5, 0.6) is 0 Å². The molecule has 8 heteroatoms. The summed E-state index contributed by atoms with van der Waals surface area (Å²) in [6.07, 6.45) is 3.28. The van der Waals surface area contributed by atoms with E-state index in [0.717, 1.165) is 31.0 Å². The van der Waals surface area contributed by atoms with Crippen molar-refractivity contribution >= 4 is 17.8 Å². The van der Waals surface area contributed by atoms with Gasteiger partial charge in [0.2, 0.25) is 5.91 Å². The number of imide groups is 1. The first-order valence-electron chi connectivity index (χ1n) is 8.12. The van der Waals surface area contributed by atoms with Crippen molar-refractivity contribution in [3.8, 4) is 0 Å². The molecule has 0 bridgehead atoms. The van der Waals surface area contributed by atoms with Crippen LogP contribution in [0.3, 0.4) is 0 Å². The molecule has 24 heavy (non-hydrogen) atoms. The summed E-state index contributed by atoms with van der Waals surface area (Å²) in [5.74, 6) is 0.285. The normalized spacial score (nSPS) is 21.8. The van der Waals surface area contributed by atoms with Gasteiger partial charge >= 0.3 is 6.03 Å². The van der Waals surface area contributed by atoms with Crippen LogP contribution in [-0.4, -0.2) is 48.5 Å². The highest BCUT2D eigenvalue weighted by molar-refractivity contribution is 6.05. The minimum Gasteiger partial charge on any atom is -0.467 e. The third-order valence-corrected chi connectivity index (χ3v) is 4.32. The average molecular weight is 335 g/mol. The van der Waals surface area contributed by atoms with Gasteiger partial charge in [0.1, 0.15) is 11.8 Å². The SMILES string of the molecule is O=C(CC1NC(=O)N(Cc2ccco2)C1=O)NCC1CCOCC1. The topological polar surface area (TPSA) is 101 Å². The highest BCUT2D eigenvalue weighted by Crippen LogP contribution is 2.15. The number of hydrogen-bond donors (Lipinski definition) is 2. The Labute approximate surface area is 139 Å². The molecule has 0 aliphatic carbocycles. The van der Waals surface area contributed by atoms with Crippen molar-refractivity contribution in [1.82, 2.24) is 15.5 Å². The molecule has 2 saturated heterocycles. The van der Waals surface area contributed by atoms with E-state index in [1.54, 1.807) is 12.1 Å². The Kier molecular flexibility index (Phi) is 5.14. The third-order valence-electron chi connectivity index (χ3n) is 4.32. The van der Waals surface area contributed by atoms with E-state index in [0.29, 0.717) is 18.2 Å². The molecule has 4 amide bonds. The summed E-state index contributed by atoms with van der Waals surface area (Å²) < 4.78 is 10.4. The predicted molar refractivity (Wildman–Crippen MR) is 82.7 cm³/mol. The van der Waals surface area contributed by atoms with Crippen LogP contribution in [0.2, 0.25) is 0 Å². The molecular weight excluding hydrogens is 314 g/mol. The van der Waals surface area contributed by atoms with Crippen molar-refractivity contribution < 1.29 is 23.5 Å². The van der Waals surface area contributed by atoms with Crippen LogP contribution in [0.25, 0.3) is 0 Å². The van der Waals surface area contributed by atoms with E-state index >= 15 is 0 Å². The maximum Gasteiger partial charge on any atom is 0.325 e. The minimum absolute atomic E-state index is 0.0531. The van der Waals surface area contributed by atoms with E-state index in [4.69, 9.17) is 9.15 Å². The number of amides is 4. The van der Waals surface area contributed by atoms with Crippen molar-refractivity contribution in [2.24, 2.45) is 5.92 Å². The Morgan fingerprint density at radius 1 is 1.33 bits per heavy atom. The monoisotopic (exact) mass is 335 g/mol. The lowest BCUT2D eigenvalue weighted by atomic mass is 10.0. The van der Waals surface area contributed by atoms with Gasteiger partial charge in [0.05, 0.1) is 19.2 Å². The minimum atomic E-state index is -0.817. The molecule has 0 saturated carbocycles. The van der Waals surface area contributed by atoms with Crippen LogP contribution in [0.15, 0.2) is 22.8 Å². The lowest BCUT2D eigenvalue weighted by molar-refractivity contribution is -0.131. The van der Waals surface area contributed by atoms with E-state index in [1.165, 1.54) is 6.26 Å². The molecule has 3 rings (SSSR count). The van der Waals surface area contributed by atoms with Gasteiger partial charge in [0.25, 0.3) is 5.91 Å². The first-order valence-corrected chi connectivity index (χ1v) is 8.12. The molecule has 3 heterocycles. The van der Waals surface area contributed by atoms with Crippen LogP contribution < -0.4 is 10.6 Å². The first-order chi connectivity index (χ1) is 11.6. The summed E-state index contributed by atoms with van der Waals surface area (Å²) in [7, 11) is 0. The van der Waals surface area contributed by atoms with Crippen LogP contribution in [0.4, 0.5) is 4.79 Å². The number of carbonyl (C=O) groups is 3. The number of urea groups is 1. The Morgan fingerprint density at radius 2 is 2.12 bits per heavy atom. The van der Waals surface area contributed by atoms with Gasteiger partial charge in [-0.15, -0.1) is 0 Å². The molecule has 0 aromatic carbocycles. The molecule has 0 radical (unpaired) electrons. The van der Waals surface area contributed by atoms with E-state index in [1.807, 2.05) is 0 Å². The van der Waals surface area contributed by atoms with E-state index < -0.39 is 18.0 Å². The summed E-state index contributed by atoms with van der Waals surface area (Å²) in [6, 6.07) is 2.06. The lowest BCUT2D eigenvalue weighted by Gasteiger charge is -2.22. The van der Waals surface area contributed by atoms with Crippen LogP contribution >= 0.6 is 0 Å². The van der Waals surface area contributed by atoms with Gasteiger partial charge in [-0.05, 0) is 30.9 Å². The summed E-state index contributed by atoms with van der Waals surface area (Å²) >= 11 is 0. The van der Waals surface area contributed by atoms with Crippen molar-refractivity contribution in [3.05, 3.63) is 24.2 Å². The number of nitrogens with one attached hydrogen (secondary N) is 2. The second-order valence-electron chi connectivity index (χ2n) is 6.07. The van der Waals surface area contributed by atoms with Crippen molar-refractivity contribution in [2.45, 2.75) is 31.8 Å². The van der Waals surface area contributed by atoms with Crippen LogP contribution in [0, 0.1) is 5.92 Å². The largest absolute Gasteiger partial charge is 0.467 e. The predicted octanol–water partition coefficient (Wildman–Crippen LogP) is 0.633. The molecule has 2 aliphatic rings. The fourth-order valence-corrected chi connectivity index (χ4v) is 2.89. The standard InChI is InChI=1S/C16H21N3O5/c20-14(17-9-11-3-6-23-7-4-11)8-13-15(21)19(16(22)18-13)10-12-2-1-5-24-12/h1-2,5,11,13H,3-4,6-10H2,(H,17,20)(H,18,22). The van der Waals surface area contributed by atoms with E-state index in [9.17, 15) is 14.4 Å². The van der Waals surface area contributed by atoms with Gasteiger partial charge in [-0.25, -0.2) is 4.79 Å². The summed E-state index contributed by atoms with van der Waals surface area (Å²) in [5.41, 5.74) is 0. The molecule has 0 spiro atoms. The van der Waals surface area contributed by atoms with E-state index in [-0.39, 0.29) is 18.9 Å². The van der Waals surface area contributed by atoms with Gasteiger partial charge in [0, 0.05) is 19.8 Å². The maximum atomic E-state index is 12.3. The number of rotatable bonds is 6. The van der Waals surface area contributed by atoms with Crippen molar-refractivity contribution in [3.63, 3.8) is 0 Å². The second-order valence-corrected chi connectivity index (χ2v) is 6.07. The fraction of sp³-hybridized carbons (Fsp3) is 0.562. The highest BCUT2D eigenvalue weighted by Gasteiger charge is 2.39. The summed E-state index contributed by atoms with van der Waals surface area (Å²) in [5, 5.41) is 5.39. The average Bonchev–Trinajstić information content (AvgIpc) is 3.18. The smallest absolute Gasteiger partial charge is 0.325 e. The highest BCUT2D eigenvalue weighted by atomic mass is 16.5. The molecule has 2 fully saturated rings. The molecule has 1 unspecified atom stereocenters. The molecule has 1 aromatic rings. The Hall–Kier alpha value is -2.35. The van der Waals surface area contributed by atoms with E-state index in [2.05, 4.69) is 10.6 Å². The fourth-order valence-electron chi connectivity index (χ4n) is 2.89. The number of nitrogens with zero attached hydrogens (tertiary/aromatic N) is 1. The Balaban J connectivity index is 1.47. The van der Waals surface area contributed by atoms with Gasteiger partial charge < -0.3 is 19.8 Å². The molecule has 1 aromatic heterocycles.